The van der Waals surface area contributed by atoms with Gasteiger partial charge in [0, 0.05) is 19.2 Å². The largest absolute Gasteiger partial charge is 0.480 e. The Morgan fingerprint density at radius 2 is 2.19 bits per heavy atom. The number of aliphatic carboxylic acids is 1. The molecule has 1 heterocycles. The Morgan fingerprint density at radius 1 is 1.48 bits per heavy atom. The Hall–Kier alpha value is -0.650. The van der Waals surface area contributed by atoms with Gasteiger partial charge in [0.15, 0.2) is 0 Å². The van der Waals surface area contributed by atoms with Crippen LogP contribution in [0.25, 0.3) is 0 Å². The fourth-order valence-corrected chi connectivity index (χ4v) is 2.97. The van der Waals surface area contributed by atoms with Gasteiger partial charge in [0.05, 0.1) is 6.10 Å². The normalized spacial score (nSPS) is 22.5. The summed E-state index contributed by atoms with van der Waals surface area (Å²) in [6, 6.07) is 0.166. The summed E-state index contributed by atoms with van der Waals surface area (Å²) in [6.07, 6.45) is 5.43. The quantitative estimate of drug-likeness (QED) is 0.683. The van der Waals surface area contributed by atoms with Crippen molar-refractivity contribution in [1.29, 1.82) is 0 Å². The van der Waals surface area contributed by atoms with E-state index in [1.165, 1.54) is 12.8 Å². The zero-order valence-electron chi connectivity index (χ0n) is 14.0. The lowest BCUT2D eigenvalue weighted by atomic mass is 9.94. The van der Waals surface area contributed by atoms with Gasteiger partial charge in [-0.25, -0.2) is 0 Å². The van der Waals surface area contributed by atoms with Gasteiger partial charge in [-0.2, -0.15) is 0 Å². The Kier molecular flexibility index (Phi) is 7.63. The molecule has 2 atom stereocenters. The fourth-order valence-electron chi connectivity index (χ4n) is 2.97. The fraction of sp³-hybridized carbons (Fsp3) is 0.938. The molecule has 1 aliphatic heterocycles. The monoisotopic (exact) mass is 300 g/mol. The first-order valence-electron chi connectivity index (χ1n) is 8.15. The number of likely N-dealkylation sites (N-methyl/N-ethyl adjacent to an activating group) is 1. The summed E-state index contributed by atoms with van der Waals surface area (Å²) in [4.78, 5) is 13.7. The molecule has 5 nitrogen and oxygen atoms in total. The van der Waals surface area contributed by atoms with Crippen LogP contribution in [0.4, 0.5) is 0 Å². The number of nitrogens with zero attached hydrogens (tertiary/aromatic N) is 1. The van der Waals surface area contributed by atoms with Gasteiger partial charge in [0.25, 0.3) is 0 Å². The second-order valence-electron chi connectivity index (χ2n) is 6.79. The summed E-state index contributed by atoms with van der Waals surface area (Å²) in [5.74, 6) is -0.769. The number of ether oxygens (including phenoxy) is 1. The third-order valence-electron chi connectivity index (χ3n) is 4.09. The van der Waals surface area contributed by atoms with Crippen LogP contribution in [0, 0.1) is 0 Å². The first-order valence-corrected chi connectivity index (χ1v) is 8.15. The number of hydrogen-bond donors (Lipinski definition) is 2. The third-order valence-corrected chi connectivity index (χ3v) is 4.09. The number of hydrogen-bond acceptors (Lipinski definition) is 4. The van der Waals surface area contributed by atoms with Crippen LogP contribution in [-0.4, -0.2) is 60.4 Å². The second kappa shape index (κ2) is 8.71. The van der Waals surface area contributed by atoms with Gasteiger partial charge in [0.2, 0.25) is 0 Å². The van der Waals surface area contributed by atoms with Crippen molar-refractivity contribution in [2.24, 2.45) is 0 Å². The van der Waals surface area contributed by atoms with Crippen molar-refractivity contribution in [2.45, 2.75) is 70.6 Å². The smallest absolute Gasteiger partial charge is 0.323 e. The molecule has 2 N–H and O–H groups in total. The molecule has 0 saturated carbocycles. The molecular weight excluding hydrogens is 268 g/mol. The molecule has 1 aliphatic rings. The molecule has 21 heavy (non-hydrogen) atoms. The molecule has 0 spiro atoms. The molecule has 1 saturated heterocycles. The van der Waals surface area contributed by atoms with Crippen molar-refractivity contribution in [1.82, 2.24) is 10.2 Å². The summed E-state index contributed by atoms with van der Waals surface area (Å²) >= 11 is 0. The van der Waals surface area contributed by atoms with E-state index in [0.29, 0.717) is 12.5 Å². The molecule has 0 radical (unpaired) electrons. The molecule has 0 aromatic heterocycles. The lowest BCUT2D eigenvalue weighted by molar-refractivity contribution is -0.144. The average Bonchev–Trinajstić information content (AvgIpc) is 2.38. The van der Waals surface area contributed by atoms with Crippen LogP contribution < -0.4 is 5.32 Å². The zero-order valence-corrected chi connectivity index (χ0v) is 14.0. The molecule has 0 aliphatic carbocycles. The van der Waals surface area contributed by atoms with Crippen molar-refractivity contribution in [3.8, 4) is 0 Å². The molecular formula is C16H32N2O3. The van der Waals surface area contributed by atoms with Gasteiger partial charge >= 0.3 is 5.97 Å². The van der Waals surface area contributed by atoms with Crippen LogP contribution in [0.1, 0.15) is 52.9 Å². The van der Waals surface area contributed by atoms with Gasteiger partial charge in [0.1, 0.15) is 5.54 Å². The highest BCUT2D eigenvalue weighted by Gasteiger charge is 2.32. The van der Waals surface area contributed by atoms with E-state index in [2.05, 4.69) is 17.3 Å². The predicted molar refractivity (Wildman–Crippen MR) is 84.6 cm³/mol. The van der Waals surface area contributed by atoms with Gasteiger partial charge in [-0.1, -0.05) is 0 Å². The highest BCUT2D eigenvalue weighted by atomic mass is 16.5. The molecule has 0 bridgehead atoms. The number of carboxylic acid groups (broad SMARTS) is 1. The summed E-state index contributed by atoms with van der Waals surface area (Å²) < 4.78 is 5.74. The van der Waals surface area contributed by atoms with Crippen molar-refractivity contribution in [2.75, 3.05) is 26.7 Å². The van der Waals surface area contributed by atoms with E-state index in [4.69, 9.17) is 4.74 Å². The van der Waals surface area contributed by atoms with E-state index >= 15 is 0 Å². The standard InChI is InChI=1S/C16H32N2O3/c1-13(2)17-16(3,15(19)20)9-7-10-18(4)12-14-8-5-6-11-21-14/h13-14,17H,5-12H2,1-4H3,(H,19,20). The molecule has 0 amide bonds. The molecule has 0 aromatic carbocycles. The summed E-state index contributed by atoms with van der Waals surface area (Å²) in [7, 11) is 2.09. The molecule has 5 heteroatoms. The maximum absolute atomic E-state index is 11.5. The minimum absolute atomic E-state index is 0.166. The zero-order chi connectivity index (χ0) is 15.9. The summed E-state index contributed by atoms with van der Waals surface area (Å²) in [6.45, 7) is 8.47. The van der Waals surface area contributed by atoms with Gasteiger partial charge in [-0.3, -0.25) is 10.1 Å². The van der Waals surface area contributed by atoms with Crippen LogP contribution in [0.3, 0.4) is 0 Å². The Balaban J connectivity index is 2.30. The van der Waals surface area contributed by atoms with Crippen LogP contribution in [-0.2, 0) is 9.53 Å². The minimum atomic E-state index is -0.837. The van der Waals surface area contributed by atoms with Crippen LogP contribution in [0.15, 0.2) is 0 Å². The van der Waals surface area contributed by atoms with E-state index in [9.17, 15) is 9.90 Å². The topological polar surface area (TPSA) is 61.8 Å². The van der Waals surface area contributed by atoms with Crippen molar-refractivity contribution < 1.29 is 14.6 Å². The summed E-state index contributed by atoms with van der Waals surface area (Å²) in [5.41, 5.74) is -0.837. The van der Waals surface area contributed by atoms with Gasteiger partial charge in [-0.05, 0) is 66.5 Å². The molecule has 124 valence electrons. The lowest BCUT2D eigenvalue weighted by Gasteiger charge is -2.30. The van der Waals surface area contributed by atoms with E-state index in [0.717, 1.165) is 32.5 Å². The first kappa shape index (κ1) is 18.4. The van der Waals surface area contributed by atoms with E-state index < -0.39 is 11.5 Å². The Labute approximate surface area is 129 Å². The number of rotatable bonds is 9. The molecule has 1 fully saturated rings. The maximum atomic E-state index is 11.5. The van der Waals surface area contributed by atoms with Crippen molar-refractivity contribution in [3.05, 3.63) is 0 Å². The molecule has 2 unspecified atom stereocenters. The number of carboxylic acids is 1. The van der Waals surface area contributed by atoms with E-state index in [-0.39, 0.29) is 6.04 Å². The Bertz CT molecular complexity index is 317. The van der Waals surface area contributed by atoms with Crippen molar-refractivity contribution >= 4 is 5.97 Å². The number of nitrogens with one attached hydrogen (secondary N) is 1. The predicted octanol–water partition coefficient (Wildman–Crippen LogP) is 2.11. The van der Waals surface area contributed by atoms with Gasteiger partial charge in [-0.15, -0.1) is 0 Å². The molecule has 1 rings (SSSR count). The average molecular weight is 300 g/mol. The highest BCUT2D eigenvalue weighted by molar-refractivity contribution is 5.78. The lowest BCUT2D eigenvalue weighted by Crippen LogP contribution is -2.52. The van der Waals surface area contributed by atoms with Crippen molar-refractivity contribution in [3.63, 3.8) is 0 Å². The minimum Gasteiger partial charge on any atom is -0.480 e. The van der Waals surface area contributed by atoms with Crippen LogP contribution in [0.5, 0.6) is 0 Å². The van der Waals surface area contributed by atoms with E-state index in [1.54, 1.807) is 6.92 Å². The number of carbonyl (C=O) groups is 1. The van der Waals surface area contributed by atoms with Gasteiger partial charge < -0.3 is 14.7 Å². The van der Waals surface area contributed by atoms with E-state index in [1.807, 2.05) is 13.8 Å². The maximum Gasteiger partial charge on any atom is 0.323 e. The SMILES string of the molecule is CC(C)NC(C)(CCCN(C)CC1CCCCO1)C(=O)O. The van der Waals surface area contributed by atoms with Crippen LogP contribution in [0.2, 0.25) is 0 Å². The first-order chi connectivity index (χ1) is 9.83. The molecule has 0 aromatic rings. The summed E-state index contributed by atoms with van der Waals surface area (Å²) in [5, 5.41) is 12.6. The highest BCUT2D eigenvalue weighted by Crippen LogP contribution is 2.16. The Morgan fingerprint density at radius 3 is 2.71 bits per heavy atom. The second-order valence-corrected chi connectivity index (χ2v) is 6.79. The third kappa shape index (κ3) is 6.76. The van der Waals surface area contributed by atoms with Crippen LogP contribution >= 0.6 is 0 Å².